The second-order valence-corrected chi connectivity index (χ2v) is 8.59. The van der Waals surface area contributed by atoms with Gasteiger partial charge in [-0.1, -0.05) is 6.07 Å². The molecule has 29 heavy (non-hydrogen) atoms. The highest BCUT2D eigenvalue weighted by Crippen LogP contribution is 2.37. The fourth-order valence-electron chi connectivity index (χ4n) is 5.24. The lowest BCUT2D eigenvalue weighted by Crippen LogP contribution is -2.47. The molecule has 2 fully saturated rings. The first-order chi connectivity index (χ1) is 14.1. The molecule has 0 saturated carbocycles. The maximum Gasteiger partial charge on any atom is 0.354 e. The van der Waals surface area contributed by atoms with E-state index >= 15 is 0 Å². The molecule has 1 N–H and O–H groups in total. The number of pyridine rings is 2. The Morgan fingerprint density at radius 3 is 2.76 bits per heavy atom. The summed E-state index contributed by atoms with van der Waals surface area (Å²) in [6.45, 7) is 5.31. The minimum atomic E-state index is -1.01. The number of anilines is 1. The van der Waals surface area contributed by atoms with E-state index in [9.17, 15) is 14.7 Å². The molecule has 0 aromatic carbocycles. The number of carbonyl (C=O) groups is 1. The fourth-order valence-corrected chi connectivity index (χ4v) is 5.24. The van der Waals surface area contributed by atoms with Gasteiger partial charge in [-0.2, -0.15) is 0 Å². The van der Waals surface area contributed by atoms with Gasteiger partial charge < -0.3 is 14.6 Å². The van der Waals surface area contributed by atoms with Crippen molar-refractivity contribution in [3.8, 4) is 0 Å². The zero-order valence-corrected chi connectivity index (χ0v) is 16.5. The standard InChI is InChI=1S/C22H26N4O3/c27-21-16(13-24-7-1-2-8-24)3-4-20-17-9-15(12-26(20)21)11-25(14-17)18-5-6-23-19(10-18)22(28)29/h3-6,10,15,17H,1-2,7-9,11-14H2,(H,28,29)/t15-,17+/m0/s1. The average Bonchev–Trinajstić information content (AvgIpc) is 3.23. The zero-order valence-electron chi connectivity index (χ0n) is 16.5. The molecule has 7 heteroatoms. The van der Waals surface area contributed by atoms with Crippen LogP contribution in [-0.4, -0.2) is 51.7 Å². The number of aromatic nitrogens is 2. The summed E-state index contributed by atoms with van der Waals surface area (Å²) in [5.74, 6) is -0.327. The molecular weight excluding hydrogens is 368 g/mol. The van der Waals surface area contributed by atoms with Crippen molar-refractivity contribution in [2.45, 2.75) is 38.3 Å². The lowest BCUT2D eigenvalue weighted by molar-refractivity contribution is 0.0690. The van der Waals surface area contributed by atoms with Gasteiger partial charge >= 0.3 is 5.97 Å². The SMILES string of the molecule is O=C(O)c1cc(N2C[C@@H]3C[C@H](C2)c2ccc(CN4CCCC4)c(=O)n2C3)ccn1. The summed E-state index contributed by atoms with van der Waals surface area (Å²) in [5, 5.41) is 9.24. The van der Waals surface area contributed by atoms with E-state index in [4.69, 9.17) is 0 Å². The third-order valence-corrected chi connectivity index (χ3v) is 6.60. The van der Waals surface area contributed by atoms with Crippen molar-refractivity contribution in [1.29, 1.82) is 0 Å². The molecule has 5 rings (SSSR count). The minimum absolute atomic E-state index is 0.0707. The summed E-state index contributed by atoms with van der Waals surface area (Å²) in [6, 6.07) is 7.70. The Balaban J connectivity index is 1.41. The van der Waals surface area contributed by atoms with Crippen LogP contribution in [0.2, 0.25) is 0 Å². The highest BCUT2D eigenvalue weighted by Gasteiger charge is 2.35. The molecule has 3 aliphatic rings. The van der Waals surface area contributed by atoms with Gasteiger partial charge in [0.05, 0.1) is 0 Å². The molecule has 5 heterocycles. The van der Waals surface area contributed by atoms with Crippen molar-refractivity contribution in [3.63, 3.8) is 0 Å². The minimum Gasteiger partial charge on any atom is -0.477 e. The number of hydrogen-bond donors (Lipinski definition) is 1. The number of piperidine rings is 1. The predicted molar refractivity (Wildman–Crippen MR) is 109 cm³/mol. The number of carboxylic acids is 1. The van der Waals surface area contributed by atoms with E-state index in [-0.39, 0.29) is 17.2 Å². The number of rotatable bonds is 4. The largest absolute Gasteiger partial charge is 0.477 e. The summed E-state index contributed by atoms with van der Waals surface area (Å²) in [6.07, 6.45) is 5.10. The maximum atomic E-state index is 13.2. The van der Waals surface area contributed by atoms with E-state index < -0.39 is 5.97 Å². The van der Waals surface area contributed by atoms with Gasteiger partial charge in [0, 0.05) is 55.2 Å². The molecule has 0 amide bonds. The second kappa shape index (κ2) is 7.30. The van der Waals surface area contributed by atoms with E-state index in [2.05, 4.69) is 20.9 Å². The van der Waals surface area contributed by atoms with Gasteiger partial charge in [0.1, 0.15) is 5.69 Å². The van der Waals surface area contributed by atoms with Crippen molar-refractivity contribution in [2.75, 3.05) is 31.1 Å². The molecule has 152 valence electrons. The number of hydrogen-bond acceptors (Lipinski definition) is 5. The van der Waals surface area contributed by atoms with Crippen molar-refractivity contribution in [2.24, 2.45) is 5.92 Å². The monoisotopic (exact) mass is 394 g/mol. The van der Waals surface area contributed by atoms with Gasteiger partial charge in [-0.3, -0.25) is 9.69 Å². The van der Waals surface area contributed by atoms with E-state index in [1.807, 2.05) is 16.7 Å². The van der Waals surface area contributed by atoms with Crippen molar-refractivity contribution in [3.05, 3.63) is 57.8 Å². The van der Waals surface area contributed by atoms with Gasteiger partial charge in [-0.25, -0.2) is 9.78 Å². The van der Waals surface area contributed by atoms with Crippen LogP contribution in [0.15, 0.2) is 35.3 Å². The van der Waals surface area contributed by atoms with Crippen LogP contribution in [0, 0.1) is 5.92 Å². The Kier molecular flexibility index (Phi) is 4.62. The molecule has 2 atom stereocenters. The average molecular weight is 394 g/mol. The van der Waals surface area contributed by atoms with Gasteiger partial charge in [-0.05, 0) is 56.5 Å². The topological polar surface area (TPSA) is 78.7 Å². The maximum absolute atomic E-state index is 13.2. The van der Waals surface area contributed by atoms with Crippen molar-refractivity contribution < 1.29 is 9.90 Å². The summed E-state index contributed by atoms with van der Waals surface area (Å²) in [5.41, 5.74) is 3.17. The molecule has 2 bridgehead atoms. The number of carboxylic acid groups (broad SMARTS) is 1. The Morgan fingerprint density at radius 1 is 1.14 bits per heavy atom. The molecule has 0 spiro atoms. The number of nitrogens with zero attached hydrogens (tertiary/aromatic N) is 4. The number of likely N-dealkylation sites (tertiary alicyclic amines) is 1. The first-order valence-electron chi connectivity index (χ1n) is 10.5. The molecule has 2 aromatic heterocycles. The van der Waals surface area contributed by atoms with E-state index in [0.29, 0.717) is 5.92 Å². The summed E-state index contributed by atoms with van der Waals surface area (Å²) in [7, 11) is 0. The van der Waals surface area contributed by atoms with E-state index in [1.165, 1.54) is 12.8 Å². The van der Waals surface area contributed by atoms with Crippen molar-refractivity contribution in [1.82, 2.24) is 14.5 Å². The van der Waals surface area contributed by atoms with Crippen LogP contribution in [0.1, 0.15) is 46.9 Å². The Morgan fingerprint density at radius 2 is 1.97 bits per heavy atom. The van der Waals surface area contributed by atoms with Crippen LogP contribution < -0.4 is 10.5 Å². The number of aromatic carboxylic acids is 1. The third kappa shape index (κ3) is 3.44. The molecule has 2 saturated heterocycles. The summed E-state index contributed by atoms with van der Waals surface area (Å²) in [4.78, 5) is 33.0. The Bertz CT molecular complexity index is 996. The summed E-state index contributed by atoms with van der Waals surface area (Å²) >= 11 is 0. The molecule has 2 aromatic rings. The molecule has 3 aliphatic heterocycles. The van der Waals surface area contributed by atoms with Crippen molar-refractivity contribution >= 4 is 11.7 Å². The number of fused-ring (bicyclic) bond motifs is 4. The quantitative estimate of drug-likeness (QED) is 0.856. The third-order valence-electron chi connectivity index (χ3n) is 6.60. The zero-order chi connectivity index (χ0) is 20.0. The van der Waals surface area contributed by atoms with Gasteiger partial charge in [0.25, 0.3) is 5.56 Å². The Labute approximate surface area is 169 Å². The van der Waals surface area contributed by atoms with Crippen LogP contribution in [0.3, 0.4) is 0 Å². The van der Waals surface area contributed by atoms with Crippen LogP contribution in [0.4, 0.5) is 5.69 Å². The van der Waals surface area contributed by atoms with E-state index in [0.717, 1.165) is 62.6 Å². The second-order valence-electron chi connectivity index (χ2n) is 8.59. The smallest absolute Gasteiger partial charge is 0.354 e. The van der Waals surface area contributed by atoms with Gasteiger partial charge in [0.2, 0.25) is 0 Å². The van der Waals surface area contributed by atoms with Crippen LogP contribution >= 0.6 is 0 Å². The first kappa shape index (κ1) is 18.4. The van der Waals surface area contributed by atoms with Crippen LogP contribution in [0.5, 0.6) is 0 Å². The van der Waals surface area contributed by atoms with Crippen LogP contribution in [0.25, 0.3) is 0 Å². The van der Waals surface area contributed by atoms with Gasteiger partial charge in [-0.15, -0.1) is 0 Å². The lowest BCUT2D eigenvalue weighted by Gasteiger charge is -2.44. The Hall–Kier alpha value is -2.67. The molecular formula is C22H26N4O3. The molecule has 7 nitrogen and oxygen atoms in total. The highest BCUT2D eigenvalue weighted by molar-refractivity contribution is 5.86. The first-order valence-corrected chi connectivity index (χ1v) is 10.5. The highest BCUT2D eigenvalue weighted by atomic mass is 16.4. The van der Waals surface area contributed by atoms with Gasteiger partial charge in [0.15, 0.2) is 0 Å². The predicted octanol–water partition coefficient (Wildman–Crippen LogP) is 2.16. The fraction of sp³-hybridized carbons (Fsp3) is 0.500. The van der Waals surface area contributed by atoms with Crippen LogP contribution in [-0.2, 0) is 13.1 Å². The summed E-state index contributed by atoms with van der Waals surface area (Å²) < 4.78 is 2.01. The van der Waals surface area contributed by atoms with E-state index in [1.54, 1.807) is 12.3 Å². The molecule has 0 radical (unpaired) electrons. The lowest BCUT2D eigenvalue weighted by atomic mass is 9.82. The molecule has 0 unspecified atom stereocenters. The molecule has 0 aliphatic carbocycles. The normalized spacial score (nSPS) is 23.8.